The Kier molecular flexibility index (Phi) is 2.65. The van der Waals surface area contributed by atoms with Gasteiger partial charge < -0.3 is 9.84 Å². The summed E-state index contributed by atoms with van der Waals surface area (Å²) in [5.74, 6) is -0.325. The maximum Gasteiger partial charge on any atom is 0.309 e. The molecule has 3 heteroatoms. The van der Waals surface area contributed by atoms with Crippen LogP contribution in [0.4, 0.5) is 0 Å². The first-order chi connectivity index (χ1) is 5.22. The Bertz CT molecular complexity index is 174. The van der Waals surface area contributed by atoms with Crippen LogP contribution in [0.2, 0.25) is 0 Å². The Morgan fingerprint density at radius 1 is 1.73 bits per heavy atom. The van der Waals surface area contributed by atoms with Gasteiger partial charge in [-0.1, -0.05) is 13.0 Å². The van der Waals surface area contributed by atoms with E-state index in [9.17, 15) is 4.79 Å². The molecule has 2 unspecified atom stereocenters. The molecule has 0 fully saturated rings. The molecule has 0 aromatic carbocycles. The second kappa shape index (κ2) is 3.53. The minimum Gasteiger partial charge on any atom is -0.458 e. The Labute approximate surface area is 65.7 Å². The van der Waals surface area contributed by atoms with Crippen LogP contribution in [0.25, 0.3) is 0 Å². The summed E-state index contributed by atoms with van der Waals surface area (Å²) in [7, 11) is 0. The van der Waals surface area contributed by atoms with Gasteiger partial charge in [0.05, 0.1) is 12.5 Å². The van der Waals surface area contributed by atoms with E-state index >= 15 is 0 Å². The molecule has 1 N–H and O–H groups in total. The van der Waals surface area contributed by atoms with Gasteiger partial charge in [0.15, 0.2) is 0 Å². The number of rotatable bonds is 1. The molecule has 11 heavy (non-hydrogen) atoms. The zero-order valence-electron chi connectivity index (χ0n) is 6.49. The highest BCUT2D eigenvalue weighted by atomic mass is 16.5. The van der Waals surface area contributed by atoms with Gasteiger partial charge in [-0.3, -0.25) is 4.79 Å². The third kappa shape index (κ3) is 2.35. The Morgan fingerprint density at radius 2 is 2.45 bits per heavy atom. The number of aliphatic hydroxyl groups excluding tert-OH is 1. The second-order valence-corrected chi connectivity index (χ2v) is 2.59. The SMILES string of the molecule is CCC1C=CC(O)CC(=O)O1. The predicted molar refractivity (Wildman–Crippen MR) is 39.9 cm³/mol. The molecule has 1 heterocycles. The van der Waals surface area contributed by atoms with Crippen molar-refractivity contribution < 1.29 is 14.6 Å². The molecule has 2 atom stereocenters. The molecule has 0 aromatic rings. The van der Waals surface area contributed by atoms with Gasteiger partial charge in [0.25, 0.3) is 0 Å². The lowest BCUT2D eigenvalue weighted by Crippen LogP contribution is -2.15. The van der Waals surface area contributed by atoms with Gasteiger partial charge in [-0.25, -0.2) is 0 Å². The van der Waals surface area contributed by atoms with Crippen LogP contribution in [0.15, 0.2) is 12.2 Å². The highest BCUT2D eigenvalue weighted by molar-refractivity contribution is 5.71. The summed E-state index contributed by atoms with van der Waals surface area (Å²) < 4.78 is 4.95. The molecule has 1 rings (SSSR count). The molecule has 0 spiro atoms. The Balaban J connectivity index is 2.59. The van der Waals surface area contributed by atoms with Crippen molar-refractivity contribution in [1.29, 1.82) is 0 Å². The molecule has 1 aliphatic rings. The lowest BCUT2D eigenvalue weighted by Gasteiger charge is -2.08. The van der Waals surface area contributed by atoms with Gasteiger partial charge in [0, 0.05) is 0 Å². The van der Waals surface area contributed by atoms with Crippen LogP contribution < -0.4 is 0 Å². The van der Waals surface area contributed by atoms with Crippen LogP contribution in [0.3, 0.4) is 0 Å². The highest BCUT2D eigenvalue weighted by Gasteiger charge is 2.17. The number of carbonyl (C=O) groups excluding carboxylic acids is 1. The first-order valence-electron chi connectivity index (χ1n) is 3.78. The quantitative estimate of drug-likeness (QED) is 0.447. The first kappa shape index (κ1) is 8.27. The van der Waals surface area contributed by atoms with Crippen molar-refractivity contribution in [2.24, 2.45) is 0 Å². The average molecular weight is 156 g/mol. The number of hydrogen-bond acceptors (Lipinski definition) is 3. The number of hydrogen-bond donors (Lipinski definition) is 1. The van der Waals surface area contributed by atoms with Gasteiger partial charge in [0.1, 0.15) is 6.10 Å². The summed E-state index contributed by atoms with van der Waals surface area (Å²) >= 11 is 0. The summed E-state index contributed by atoms with van der Waals surface area (Å²) in [6, 6.07) is 0. The zero-order chi connectivity index (χ0) is 8.27. The number of esters is 1. The molecule has 0 bridgehead atoms. The first-order valence-corrected chi connectivity index (χ1v) is 3.78. The van der Waals surface area contributed by atoms with Gasteiger partial charge in [-0.05, 0) is 12.5 Å². The van der Waals surface area contributed by atoms with Crippen molar-refractivity contribution in [2.75, 3.05) is 0 Å². The number of carbonyl (C=O) groups is 1. The fourth-order valence-corrected chi connectivity index (χ4v) is 0.967. The van der Waals surface area contributed by atoms with Gasteiger partial charge >= 0.3 is 5.97 Å². The highest BCUT2D eigenvalue weighted by Crippen LogP contribution is 2.09. The van der Waals surface area contributed by atoms with E-state index in [1.54, 1.807) is 12.2 Å². The van der Waals surface area contributed by atoms with Crippen molar-refractivity contribution in [1.82, 2.24) is 0 Å². The van der Waals surface area contributed by atoms with Crippen LogP contribution in [0.5, 0.6) is 0 Å². The van der Waals surface area contributed by atoms with Gasteiger partial charge in [-0.2, -0.15) is 0 Å². The molecular weight excluding hydrogens is 144 g/mol. The minimum atomic E-state index is -0.668. The second-order valence-electron chi connectivity index (χ2n) is 2.59. The smallest absolute Gasteiger partial charge is 0.309 e. The van der Waals surface area contributed by atoms with E-state index < -0.39 is 6.10 Å². The average Bonchev–Trinajstić information content (AvgIpc) is 2.11. The van der Waals surface area contributed by atoms with E-state index in [0.29, 0.717) is 0 Å². The van der Waals surface area contributed by atoms with Gasteiger partial charge in [-0.15, -0.1) is 0 Å². The zero-order valence-corrected chi connectivity index (χ0v) is 6.49. The summed E-state index contributed by atoms with van der Waals surface area (Å²) in [5.41, 5.74) is 0. The molecule has 0 aromatic heterocycles. The molecular formula is C8H12O3. The molecule has 0 aliphatic carbocycles. The molecule has 0 saturated carbocycles. The van der Waals surface area contributed by atoms with Crippen LogP contribution in [-0.4, -0.2) is 23.3 Å². The lowest BCUT2D eigenvalue weighted by molar-refractivity contribution is -0.147. The third-order valence-corrected chi connectivity index (χ3v) is 1.61. The Hall–Kier alpha value is -0.830. The third-order valence-electron chi connectivity index (χ3n) is 1.61. The van der Waals surface area contributed by atoms with E-state index in [1.807, 2.05) is 6.92 Å². The summed E-state index contributed by atoms with van der Waals surface area (Å²) in [4.78, 5) is 10.8. The maximum absolute atomic E-state index is 10.8. The monoisotopic (exact) mass is 156 g/mol. The van der Waals surface area contributed by atoms with E-state index in [-0.39, 0.29) is 18.5 Å². The molecule has 0 radical (unpaired) electrons. The molecule has 1 aliphatic heterocycles. The summed E-state index contributed by atoms with van der Waals surface area (Å²) in [6.07, 6.45) is 3.36. The van der Waals surface area contributed by atoms with Crippen LogP contribution in [0, 0.1) is 0 Å². The topological polar surface area (TPSA) is 46.5 Å². The van der Waals surface area contributed by atoms with E-state index in [4.69, 9.17) is 9.84 Å². The lowest BCUT2D eigenvalue weighted by atomic mass is 10.2. The van der Waals surface area contributed by atoms with E-state index in [1.165, 1.54) is 0 Å². The largest absolute Gasteiger partial charge is 0.458 e. The fourth-order valence-electron chi connectivity index (χ4n) is 0.967. The van der Waals surface area contributed by atoms with Crippen LogP contribution in [-0.2, 0) is 9.53 Å². The standard InChI is InChI=1S/C8H12O3/c1-2-7-4-3-6(9)5-8(10)11-7/h3-4,6-7,9H,2,5H2,1H3. The van der Waals surface area contributed by atoms with Crippen LogP contribution in [0.1, 0.15) is 19.8 Å². The van der Waals surface area contributed by atoms with Crippen molar-refractivity contribution in [2.45, 2.75) is 32.0 Å². The van der Waals surface area contributed by atoms with Crippen molar-refractivity contribution in [3.63, 3.8) is 0 Å². The summed E-state index contributed by atoms with van der Waals surface area (Å²) in [6.45, 7) is 1.93. The number of cyclic esters (lactones) is 1. The van der Waals surface area contributed by atoms with E-state index in [0.717, 1.165) is 6.42 Å². The summed E-state index contributed by atoms with van der Waals surface area (Å²) in [5, 5.41) is 9.09. The molecule has 62 valence electrons. The van der Waals surface area contributed by atoms with Crippen LogP contribution >= 0.6 is 0 Å². The molecule has 3 nitrogen and oxygen atoms in total. The van der Waals surface area contributed by atoms with Gasteiger partial charge in [0.2, 0.25) is 0 Å². The van der Waals surface area contributed by atoms with Crippen molar-refractivity contribution in [3.8, 4) is 0 Å². The van der Waals surface area contributed by atoms with E-state index in [2.05, 4.69) is 0 Å². The minimum absolute atomic E-state index is 0.0764. The Morgan fingerprint density at radius 3 is 3.09 bits per heavy atom. The molecule has 0 amide bonds. The molecule has 0 saturated heterocycles. The van der Waals surface area contributed by atoms with Crippen molar-refractivity contribution in [3.05, 3.63) is 12.2 Å². The predicted octanol–water partition coefficient (Wildman–Crippen LogP) is 0.629. The number of ether oxygens (including phenoxy) is 1. The normalized spacial score (nSPS) is 31.3. The fraction of sp³-hybridized carbons (Fsp3) is 0.625. The maximum atomic E-state index is 10.8. The number of aliphatic hydroxyl groups is 1. The van der Waals surface area contributed by atoms with Crippen molar-refractivity contribution >= 4 is 5.97 Å².